The van der Waals surface area contributed by atoms with E-state index in [1.54, 1.807) is 26.5 Å². The molecule has 0 saturated heterocycles. The lowest BCUT2D eigenvalue weighted by molar-refractivity contribution is 0.350. The van der Waals surface area contributed by atoms with Crippen molar-refractivity contribution in [2.45, 2.75) is 6.54 Å². The largest absolute Gasteiger partial charge is 0.493 e. The fraction of sp³-hybridized carbons (Fsp3) is 0.214. The molecule has 0 saturated carbocycles. The first-order valence-electron chi connectivity index (χ1n) is 5.90. The zero-order chi connectivity index (χ0) is 14.5. The highest BCUT2D eigenvalue weighted by Crippen LogP contribution is 2.30. The molecule has 20 heavy (non-hydrogen) atoms. The Bertz CT molecular complexity index is 608. The van der Waals surface area contributed by atoms with Crippen LogP contribution in [-0.4, -0.2) is 19.2 Å². The molecule has 1 heterocycles. The third-order valence-corrected chi connectivity index (χ3v) is 3.73. The van der Waals surface area contributed by atoms with Crippen LogP contribution in [0.1, 0.15) is 5.69 Å². The fourth-order valence-electron chi connectivity index (χ4n) is 1.79. The van der Waals surface area contributed by atoms with Crippen LogP contribution in [0.5, 0.6) is 11.5 Å². The van der Waals surface area contributed by atoms with Crippen molar-refractivity contribution in [2.24, 2.45) is 0 Å². The van der Waals surface area contributed by atoms with Gasteiger partial charge in [-0.15, -0.1) is 0 Å². The van der Waals surface area contributed by atoms with Gasteiger partial charge in [-0.05, 0) is 40.8 Å². The van der Waals surface area contributed by atoms with Crippen LogP contribution in [0.2, 0.25) is 5.02 Å². The monoisotopic (exact) mass is 404 g/mol. The normalized spacial score (nSPS) is 10.2. The van der Waals surface area contributed by atoms with Crippen molar-refractivity contribution in [3.63, 3.8) is 0 Å². The van der Waals surface area contributed by atoms with Crippen molar-refractivity contribution >= 4 is 39.9 Å². The summed E-state index contributed by atoms with van der Waals surface area (Å²) in [5.41, 5.74) is 1.63. The molecule has 4 nitrogen and oxygen atoms in total. The van der Waals surface area contributed by atoms with Crippen molar-refractivity contribution in [2.75, 3.05) is 19.5 Å². The van der Waals surface area contributed by atoms with Gasteiger partial charge in [0.1, 0.15) is 5.69 Å². The Morgan fingerprint density at radius 3 is 2.70 bits per heavy atom. The Morgan fingerprint density at radius 1 is 1.25 bits per heavy atom. The average molecular weight is 405 g/mol. The Morgan fingerprint density at radius 2 is 2.05 bits per heavy atom. The third-order valence-electron chi connectivity index (χ3n) is 2.74. The zero-order valence-corrected chi connectivity index (χ0v) is 14.0. The van der Waals surface area contributed by atoms with Gasteiger partial charge in [0.05, 0.1) is 31.5 Å². The number of aromatic nitrogens is 1. The number of ether oxygens (including phenoxy) is 2. The first kappa shape index (κ1) is 15.2. The minimum atomic E-state index is 0.501. The highest BCUT2D eigenvalue weighted by molar-refractivity contribution is 14.1. The summed E-state index contributed by atoms with van der Waals surface area (Å²) >= 11 is 8.41. The molecule has 1 aromatic carbocycles. The second-order valence-electron chi connectivity index (χ2n) is 3.97. The Hall–Kier alpha value is -1.21. The maximum atomic E-state index is 6.18. The quantitative estimate of drug-likeness (QED) is 0.766. The number of halogens is 2. The molecule has 0 aliphatic carbocycles. The average Bonchev–Trinajstić information content (AvgIpc) is 2.45. The summed E-state index contributed by atoms with van der Waals surface area (Å²) in [4.78, 5) is 4.31. The number of hydrogen-bond acceptors (Lipinski definition) is 4. The van der Waals surface area contributed by atoms with Gasteiger partial charge in [-0.1, -0.05) is 11.6 Å². The number of methoxy groups -OCH3 is 2. The van der Waals surface area contributed by atoms with E-state index in [2.05, 4.69) is 32.9 Å². The van der Waals surface area contributed by atoms with Crippen molar-refractivity contribution in [3.8, 4) is 11.5 Å². The van der Waals surface area contributed by atoms with E-state index >= 15 is 0 Å². The maximum absolute atomic E-state index is 6.18. The van der Waals surface area contributed by atoms with Crippen LogP contribution in [0, 0.1) is 3.57 Å². The van der Waals surface area contributed by atoms with E-state index in [4.69, 9.17) is 21.1 Å². The number of nitrogens with one attached hydrogen (secondary N) is 1. The summed E-state index contributed by atoms with van der Waals surface area (Å²) in [5, 5.41) is 3.93. The molecular weight excluding hydrogens is 391 g/mol. The fourth-order valence-corrected chi connectivity index (χ4v) is 2.71. The van der Waals surface area contributed by atoms with E-state index in [9.17, 15) is 0 Å². The van der Waals surface area contributed by atoms with Gasteiger partial charge in [-0.25, -0.2) is 0 Å². The van der Waals surface area contributed by atoms with E-state index in [0.29, 0.717) is 23.1 Å². The number of benzene rings is 1. The highest BCUT2D eigenvalue weighted by atomic mass is 127. The van der Waals surface area contributed by atoms with E-state index < -0.39 is 0 Å². The Balaban J connectivity index is 2.18. The molecule has 0 radical (unpaired) electrons. The molecule has 106 valence electrons. The van der Waals surface area contributed by atoms with Gasteiger partial charge in [0.15, 0.2) is 11.5 Å². The van der Waals surface area contributed by atoms with Crippen molar-refractivity contribution in [1.82, 2.24) is 4.98 Å². The second kappa shape index (κ2) is 6.99. The van der Waals surface area contributed by atoms with Gasteiger partial charge in [0.2, 0.25) is 0 Å². The summed E-state index contributed by atoms with van der Waals surface area (Å²) in [6, 6.07) is 7.60. The molecule has 2 rings (SSSR count). The predicted octanol–water partition coefficient (Wildman–Crippen LogP) is 3.97. The minimum absolute atomic E-state index is 0.501. The predicted molar refractivity (Wildman–Crippen MR) is 88.8 cm³/mol. The first-order valence-corrected chi connectivity index (χ1v) is 7.36. The van der Waals surface area contributed by atoms with Gasteiger partial charge in [0, 0.05) is 15.8 Å². The molecule has 2 aromatic rings. The molecule has 0 spiro atoms. The van der Waals surface area contributed by atoms with Crippen LogP contribution in [0.3, 0.4) is 0 Å². The Labute approximate surface area is 136 Å². The number of anilines is 1. The molecule has 0 fully saturated rings. The lowest BCUT2D eigenvalue weighted by Crippen LogP contribution is -2.05. The highest BCUT2D eigenvalue weighted by Gasteiger charge is 2.11. The third kappa shape index (κ3) is 3.46. The Kier molecular flexibility index (Phi) is 5.31. The van der Waals surface area contributed by atoms with E-state index in [1.807, 2.05) is 18.2 Å². The van der Waals surface area contributed by atoms with Crippen molar-refractivity contribution in [1.29, 1.82) is 0 Å². The molecule has 1 aromatic heterocycles. The molecule has 1 N–H and O–H groups in total. The van der Waals surface area contributed by atoms with Gasteiger partial charge < -0.3 is 14.8 Å². The number of rotatable bonds is 5. The summed E-state index contributed by atoms with van der Waals surface area (Å²) < 4.78 is 11.7. The SMILES string of the molecule is COc1ccnc(CNc2ccc(I)cc2Cl)c1OC. The standard InChI is InChI=1S/C14H14ClIN2O2/c1-19-13-5-6-17-12(14(13)20-2)8-18-11-4-3-9(16)7-10(11)15/h3-7,18H,8H2,1-2H3. The van der Waals surface area contributed by atoms with Crippen LogP contribution >= 0.6 is 34.2 Å². The summed E-state index contributed by atoms with van der Waals surface area (Å²) in [6.07, 6.45) is 1.69. The molecule has 0 bridgehead atoms. The summed E-state index contributed by atoms with van der Waals surface area (Å²) in [6.45, 7) is 0.501. The molecule has 0 aliphatic rings. The van der Waals surface area contributed by atoms with Crippen LogP contribution in [0.4, 0.5) is 5.69 Å². The molecular formula is C14H14ClIN2O2. The maximum Gasteiger partial charge on any atom is 0.184 e. The minimum Gasteiger partial charge on any atom is -0.493 e. The molecule has 0 atom stereocenters. The van der Waals surface area contributed by atoms with Crippen molar-refractivity contribution in [3.05, 3.63) is 44.7 Å². The summed E-state index contributed by atoms with van der Waals surface area (Å²) in [7, 11) is 3.20. The van der Waals surface area contributed by atoms with Crippen LogP contribution < -0.4 is 14.8 Å². The van der Waals surface area contributed by atoms with E-state index in [1.165, 1.54) is 0 Å². The van der Waals surface area contributed by atoms with Gasteiger partial charge in [-0.2, -0.15) is 0 Å². The molecule has 0 unspecified atom stereocenters. The van der Waals surface area contributed by atoms with Gasteiger partial charge in [-0.3, -0.25) is 4.98 Å². The topological polar surface area (TPSA) is 43.4 Å². The lowest BCUT2D eigenvalue weighted by atomic mass is 10.2. The number of nitrogens with zero attached hydrogens (tertiary/aromatic N) is 1. The second-order valence-corrected chi connectivity index (χ2v) is 5.62. The smallest absolute Gasteiger partial charge is 0.184 e. The summed E-state index contributed by atoms with van der Waals surface area (Å²) in [5.74, 6) is 1.29. The number of pyridine rings is 1. The van der Waals surface area contributed by atoms with Crippen LogP contribution in [-0.2, 0) is 6.54 Å². The van der Waals surface area contributed by atoms with Crippen LogP contribution in [0.25, 0.3) is 0 Å². The molecule has 6 heteroatoms. The zero-order valence-electron chi connectivity index (χ0n) is 11.1. The van der Waals surface area contributed by atoms with E-state index in [-0.39, 0.29) is 0 Å². The lowest BCUT2D eigenvalue weighted by Gasteiger charge is -2.13. The van der Waals surface area contributed by atoms with Gasteiger partial charge in [0.25, 0.3) is 0 Å². The van der Waals surface area contributed by atoms with Crippen molar-refractivity contribution < 1.29 is 9.47 Å². The molecule has 0 aliphatic heterocycles. The molecule has 0 amide bonds. The van der Waals surface area contributed by atoms with Gasteiger partial charge >= 0.3 is 0 Å². The van der Waals surface area contributed by atoms with E-state index in [0.717, 1.165) is 15.0 Å². The number of hydrogen-bond donors (Lipinski definition) is 1. The van der Waals surface area contributed by atoms with Crippen LogP contribution in [0.15, 0.2) is 30.5 Å². The first-order chi connectivity index (χ1) is 9.65.